The number of anilines is 2. The zero-order valence-electron chi connectivity index (χ0n) is 15.9. The summed E-state index contributed by atoms with van der Waals surface area (Å²) in [5, 5.41) is 2.84. The van der Waals surface area contributed by atoms with Gasteiger partial charge in [-0.3, -0.25) is 14.3 Å². The Labute approximate surface area is 178 Å². The summed E-state index contributed by atoms with van der Waals surface area (Å²) in [4.78, 5) is 26.9. The minimum absolute atomic E-state index is 0.0316. The molecule has 3 rings (SSSR count). The van der Waals surface area contributed by atoms with E-state index in [0.29, 0.717) is 42.9 Å². The third kappa shape index (κ3) is 6.04. The first-order valence-electron chi connectivity index (χ1n) is 9.15. The summed E-state index contributed by atoms with van der Waals surface area (Å²) in [7, 11) is -3.39. The molecule has 1 aliphatic rings. The van der Waals surface area contributed by atoms with E-state index in [1.54, 1.807) is 41.3 Å². The maximum atomic E-state index is 12.6. The fraction of sp³-hybridized carbons (Fsp3) is 0.300. The van der Waals surface area contributed by atoms with Crippen LogP contribution in [0.2, 0.25) is 0 Å². The third-order valence-corrected chi connectivity index (χ3v) is 5.81. The number of halogens is 1. The van der Waals surface area contributed by atoms with E-state index in [9.17, 15) is 18.0 Å². The molecule has 2 amide bonds. The summed E-state index contributed by atoms with van der Waals surface area (Å²) >= 11 is 3.36. The van der Waals surface area contributed by atoms with E-state index in [0.717, 1.165) is 10.7 Å². The van der Waals surface area contributed by atoms with Gasteiger partial charge in [0.05, 0.1) is 11.9 Å². The topological polar surface area (TPSA) is 95.6 Å². The summed E-state index contributed by atoms with van der Waals surface area (Å²) in [6.07, 6.45) is 2.23. The molecule has 2 N–H and O–H groups in total. The van der Waals surface area contributed by atoms with Gasteiger partial charge in [-0.15, -0.1) is 0 Å². The molecule has 0 bridgehead atoms. The van der Waals surface area contributed by atoms with Crippen LogP contribution in [-0.2, 0) is 14.8 Å². The van der Waals surface area contributed by atoms with Crippen molar-refractivity contribution in [3.63, 3.8) is 0 Å². The van der Waals surface area contributed by atoms with Gasteiger partial charge < -0.3 is 10.2 Å². The summed E-state index contributed by atoms with van der Waals surface area (Å²) in [6.45, 7) is 1.03. The Morgan fingerprint density at radius 1 is 1.03 bits per heavy atom. The molecule has 0 aliphatic carbocycles. The van der Waals surface area contributed by atoms with Gasteiger partial charge in [-0.25, -0.2) is 8.42 Å². The minimum Gasteiger partial charge on any atom is -0.339 e. The van der Waals surface area contributed by atoms with Gasteiger partial charge in [-0.05, 0) is 55.3 Å². The van der Waals surface area contributed by atoms with Crippen LogP contribution in [0.25, 0.3) is 0 Å². The fourth-order valence-corrected chi connectivity index (χ4v) is 4.06. The van der Waals surface area contributed by atoms with Gasteiger partial charge in [-0.1, -0.05) is 22.0 Å². The van der Waals surface area contributed by atoms with Crippen LogP contribution in [-0.4, -0.2) is 44.5 Å². The average molecular weight is 480 g/mol. The van der Waals surface area contributed by atoms with Crippen molar-refractivity contribution in [2.45, 2.75) is 12.8 Å². The van der Waals surface area contributed by atoms with E-state index < -0.39 is 10.0 Å². The van der Waals surface area contributed by atoms with Crippen LogP contribution >= 0.6 is 15.9 Å². The Balaban J connectivity index is 1.56. The van der Waals surface area contributed by atoms with Crippen LogP contribution < -0.4 is 10.0 Å². The number of carbonyl (C=O) groups is 2. The summed E-state index contributed by atoms with van der Waals surface area (Å²) < 4.78 is 26.0. The molecule has 1 saturated heterocycles. The largest absolute Gasteiger partial charge is 0.339 e. The first-order chi connectivity index (χ1) is 13.7. The molecule has 0 unspecified atom stereocenters. The highest BCUT2D eigenvalue weighted by Crippen LogP contribution is 2.23. The lowest BCUT2D eigenvalue weighted by atomic mass is 9.95. The zero-order chi connectivity index (χ0) is 21.0. The number of hydrogen-bond acceptors (Lipinski definition) is 4. The molecule has 0 saturated carbocycles. The number of nitrogens with one attached hydrogen (secondary N) is 2. The van der Waals surface area contributed by atoms with Crippen molar-refractivity contribution in [3.8, 4) is 0 Å². The van der Waals surface area contributed by atoms with Crippen LogP contribution in [0, 0.1) is 5.92 Å². The van der Waals surface area contributed by atoms with E-state index in [4.69, 9.17) is 0 Å². The molecule has 2 aromatic rings. The lowest BCUT2D eigenvalue weighted by molar-refractivity contribution is -0.121. The number of rotatable bonds is 5. The van der Waals surface area contributed by atoms with Gasteiger partial charge in [0, 0.05) is 34.7 Å². The second-order valence-corrected chi connectivity index (χ2v) is 9.68. The van der Waals surface area contributed by atoms with Crippen molar-refractivity contribution in [3.05, 3.63) is 58.6 Å². The van der Waals surface area contributed by atoms with Crippen molar-refractivity contribution in [2.75, 3.05) is 29.4 Å². The van der Waals surface area contributed by atoms with Crippen molar-refractivity contribution in [1.82, 2.24) is 4.90 Å². The predicted molar refractivity (Wildman–Crippen MR) is 116 cm³/mol. The Morgan fingerprint density at radius 2 is 1.66 bits per heavy atom. The van der Waals surface area contributed by atoms with Crippen molar-refractivity contribution < 1.29 is 18.0 Å². The molecule has 0 spiro atoms. The summed E-state index contributed by atoms with van der Waals surface area (Å²) in [5.41, 5.74) is 1.54. The number of hydrogen-bond donors (Lipinski definition) is 2. The molecule has 0 aromatic heterocycles. The van der Waals surface area contributed by atoms with Gasteiger partial charge in [0.2, 0.25) is 15.9 Å². The summed E-state index contributed by atoms with van der Waals surface area (Å²) in [6, 6.07) is 13.8. The number of benzene rings is 2. The second kappa shape index (κ2) is 8.96. The molecular weight excluding hydrogens is 458 g/mol. The van der Waals surface area contributed by atoms with E-state index >= 15 is 0 Å². The number of likely N-dealkylation sites (tertiary alicyclic amines) is 1. The SMILES string of the molecule is CS(=O)(=O)Nc1cccc(NC(=O)C2CCN(C(=O)c3ccc(Br)cc3)CC2)c1. The first-order valence-corrected chi connectivity index (χ1v) is 11.8. The molecule has 1 heterocycles. The van der Waals surface area contributed by atoms with Crippen LogP contribution in [0.4, 0.5) is 11.4 Å². The van der Waals surface area contributed by atoms with Crippen LogP contribution in [0.3, 0.4) is 0 Å². The van der Waals surface area contributed by atoms with E-state index in [-0.39, 0.29) is 17.7 Å². The molecule has 9 heteroatoms. The molecular formula is C20H22BrN3O4S. The zero-order valence-corrected chi connectivity index (χ0v) is 18.3. The predicted octanol–water partition coefficient (Wildman–Crippen LogP) is 3.31. The van der Waals surface area contributed by atoms with Crippen molar-refractivity contribution >= 4 is 49.1 Å². The molecule has 1 aliphatic heterocycles. The van der Waals surface area contributed by atoms with Gasteiger partial charge in [-0.2, -0.15) is 0 Å². The van der Waals surface area contributed by atoms with E-state index in [2.05, 4.69) is 26.0 Å². The Kier molecular flexibility index (Phi) is 6.59. The average Bonchev–Trinajstić information content (AvgIpc) is 2.67. The normalized spacial score (nSPS) is 15.0. The van der Waals surface area contributed by atoms with Gasteiger partial charge >= 0.3 is 0 Å². The Morgan fingerprint density at radius 3 is 2.28 bits per heavy atom. The number of amides is 2. The maximum absolute atomic E-state index is 12.6. The monoisotopic (exact) mass is 479 g/mol. The van der Waals surface area contributed by atoms with Crippen molar-refractivity contribution in [1.29, 1.82) is 0 Å². The molecule has 154 valence electrons. The second-order valence-electron chi connectivity index (χ2n) is 7.02. The third-order valence-electron chi connectivity index (χ3n) is 4.68. The lowest BCUT2D eigenvalue weighted by Crippen LogP contribution is -2.41. The number of nitrogens with zero attached hydrogens (tertiary/aromatic N) is 1. The first kappa shape index (κ1) is 21.3. The fourth-order valence-electron chi connectivity index (χ4n) is 3.24. The smallest absolute Gasteiger partial charge is 0.253 e. The summed E-state index contributed by atoms with van der Waals surface area (Å²) in [5.74, 6) is -0.358. The van der Waals surface area contributed by atoms with Crippen molar-refractivity contribution in [2.24, 2.45) is 5.92 Å². The highest BCUT2D eigenvalue weighted by Gasteiger charge is 2.28. The van der Waals surface area contributed by atoms with E-state index in [1.165, 1.54) is 0 Å². The highest BCUT2D eigenvalue weighted by atomic mass is 79.9. The Bertz CT molecular complexity index is 1000. The number of sulfonamides is 1. The minimum atomic E-state index is -3.39. The van der Waals surface area contributed by atoms with Crippen LogP contribution in [0.1, 0.15) is 23.2 Å². The molecule has 0 radical (unpaired) electrons. The molecule has 1 fully saturated rings. The quantitative estimate of drug-likeness (QED) is 0.687. The lowest BCUT2D eigenvalue weighted by Gasteiger charge is -2.31. The molecule has 29 heavy (non-hydrogen) atoms. The highest BCUT2D eigenvalue weighted by molar-refractivity contribution is 9.10. The van der Waals surface area contributed by atoms with Gasteiger partial charge in [0.15, 0.2) is 0 Å². The standard InChI is InChI=1S/C20H22BrN3O4S/c1-29(27,28)23-18-4-2-3-17(13-18)22-19(25)14-9-11-24(12-10-14)20(26)15-5-7-16(21)8-6-15/h2-8,13-14,23H,9-12H2,1H3,(H,22,25). The molecule has 2 aromatic carbocycles. The van der Waals surface area contributed by atoms with Crippen LogP contribution in [0.15, 0.2) is 53.0 Å². The molecule has 7 nitrogen and oxygen atoms in total. The van der Waals surface area contributed by atoms with Crippen LogP contribution in [0.5, 0.6) is 0 Å². The maximum Gasteiger partial charge on any atom is 0.253 e. The van der Waals surface area contributed by atoms with Gasteiger partial charge in [0.1, 0.15) is 0 Å². The van der Waals surface area contributed by atoms with E-state index in [1.807, 2.05) is 12.1 Å². The molecule has 0 atom stereocenters. The number of piperidine rings is 1. The van der Waals surface area contributed by atoms with Gasteiger partial charge in [0.25, 0.3) is 5.91 Å². The number of carbonyl (C=O) groups excluding carboxylic acids is 2. The Hall–Kier alpha value is -2.39.